The zero-order chi connectivity index (χ0) is 21.5. The molecule has 0 saturated heterocycles. The quantitative estimate of drug-likeness (QED) is 0.415. The summed E-state index contributed by atoms with van der Waals surface area (Å²) in [6, 6.07) is 9.59. The lowest BCUT2D eigenvalue weighted by atomic mass is 10.0. The predicted octanol–water partition coefficient (Wildman–Crippen LogP) is 3.22. The number of pyridine rings is 1. The number of hydrogen-bond donors (Lipinski definition) is 3. The Hall–Kier alpha value is -4.11. The number of aliphatic hydroxyl groups excluding tert-OH is 1. The van der Waals surface area contributed by atoms with Crippen molar-refractivity contribution in [1.29, 1.82) is 0 Å². The van der Waals surface area contributed by atoms with Crippen molar-refractivity contribution >= 4 is 17.0 Å². The van der Waals surface area contributed by atoms with Gasteiger partial charge in [0, 0.05) is 53.3 Å². The number of fused-ring (bicyclic) bond motifs is 1. The van der Waals surface area contributed by atoms with E-state index in [1.165, 1.54) is 12.1 Å². The molecule has 9 heteroatoms. The van der Waals surface area contributed by atoms with Crippen LogP contribution < -0.4 is 5.73 Å². The number of rotatable bonds is 4. The first kappa shape index (κ1) is 18.9. The normalized spacial score (nSPS) is 12.4. The van der Waals surface area contributed by atoms with E-state index < -0.39 is 11.9 Å². The summed E-state index contributed by atoms with van der Waals surface area (Å²) in [7, 11) is 1.85. The third-order valence-electron chi connectivity index (χ3n) is 5.09. The Morgan fingerprint density at radius 3 is 2.74 bits per heavy atom. The molecule has 0 spiro atoms. The molecule has 8 nitrogen and oxygen atoms in total. The van der Waals surface area contributed by atoms with Gasteiger partial charge in [0.15, 0.2) is 0 Å². The SMILES string of the molecule is Cn1cc(-c2cnc3[nH]cc(-c4cc(C(O)c5ccccc5F)nc(N)n4)c3c2)cn1. The van der Waals surface area contributed by atoms with Gasteiger partial charge in [-0.1, -0.05) is 18.2 Å². The smallest absolute Gasteiger partial charge is 0.220 e. The lowest BCUT2D eigenvalue weighted by Crippen LogP contribution is -2.08. The predicted molar refractivity (Wildman–Crippen MR) is 114 cm³/mol. The highest BCUT2D eigenvalue weighted by molar-refractivity contribution is 5.95. The zero-order valence-electron chi connectivity index (χ0n) is 16.5. The van der Waals surface area contributed by atoms with Crippen LogP contribution in [0.1, 0.15) is 17.4 Å². The summed E-state index contributed by atoms with van der Waals surface area (Å²) < 4.78 is 15.9. The highest BCUT2D eigenvalue weighted by Gasteiger charge is 2.19. The van der Waals surface area contributed by atoms with Crippen LogP contribution in [-0.4, -0.2) is 34.8 Å². The minimum atomic E-state index is -1.28. The van der Waals surface area contributed by atoms with Gasteiger partial charge < -0.3 is 15.8 Å². The van der Waals surface area contributed by atoms with E-state index in [-0.39, 0.29) is 17.2 Å². The molecule has 1 aromatic carbocycles. The van der Waals surface area contributed by atoms with Crippen LogP contribution in [0.2, 0.25) is 0 Å². The lowest BCUT2D eigenvalue weighted by molar-refractivity contribution is 0.210. The van der Waals surface area contributed by atoms with Crippen molar-refractivity contribution < 1.29 is 9.50 Å². The van der Waals surface area contributed by atoms with Crippen LogP contribution in [0.5, 0.6) is 0 Å². The number of aryl methyl sites for hydroxylation is 1. The summed E-state index contributed by atoms with van der Waals surface area (Å²) in [4.78, 5) is 16.1. The molecule has 1 atom stereocenters. The van der Waals surface area contributed by atoms with Crippen molar-refractivity contribution in [2.75, 3.05) is 5.73 Å². The van der Waals surface area contributed by atoms with Crippen LogP contribution in [0.15, 0.2) is 61.2 Å². The first-order valence-corrected chi connectivity index (χ1v) is 9.53. The Morgan fingerprint density at radius 2 is 1.97 bits per heavy atom. The molecule has 0 fully saturated rings. The summed E-state index contributed by atoms with van der Waals surface area (Å²) in [5.41, 5.74) is 9.99. The average molecular weight is 415 g/mol. The summed E-state index contributed by atoms with van der Waals surface area (Å²) in [6.07, 6.45) is 5.92. The van der Waals surface area contributed by atoms with E-state index in [1.807, 2.05) is 19.3 Å². The molecular weight excluding hydrogens is 397 g/mol. The molecule has 0 aliphatic rings. The van der Waals surface area contributed by atoms with Crippen LogP contribution >= 0.6 is 0 Å². The van der Waals surface area contributed by atoms with E-state index in [4.69, 9.17) is 5.73 Å². The van der Waals surface area contributed by atoms with Crippen LogP contribution in [-0.2, 0) is 7.05 Å². The maximum absolute atomic E-state index is 14.2. The van der Waals surface area contributed by atoms with Gasteiger partial charge in [0.05, 0.1) is 17.6 Å². The number of halogens is 1. The first-order chi connectivity index (χ1) is 15.0. The largest absolute Gasteiger partial charge is 0.382 e. The number of anilines is 1. The number of nitrogens with two attached hydrogens (primary N) is 1. The molecule has 5 aromatic rings. The van der Waals surface area contributed by atoms with E-state index in [2.05, 4.69) is 25.0 Å². The van der Waals surface area contributed by atoms with E-state index in [0.29, 0.717) is 11.3 Å². The molecule has 31 heavy (non-hydrogen) atoms. The molecule has 5 rings (SSSR count). The number of nitrogens with one attached hydrogen (secondary N) is 1. The maximum atomic E-state index is 14.2. The van der Waals surface area contributed by atoms with Gasteiger partial charge in [-0.25, -0.2) is 19.3 Å². The number of nitrogen functional groups attached to an aromatic ring is 1. The van der Waals surface area contributed by atoms with E-state index in [1.54, 1.807) is 41.5 Å². The van der Waals surface area contributed by atoms with Crippen LogP contribution in [0, 0.1) is 5.82 Å². The number of benzene rings is 1. The molecule has 0 amide bonds. The molecule has 0 aliphatic heterocycles. The van der Waals surface area contributed by atoms with E-state index in [0.717, 1.165) is 22.1 Å². The van der Waals surface area contributed by atoms with Crippen LogP contribution in [0.25, 0.3) is 33.4 Å². The third-order valence-corrected chi connectivity index (χ3v) is 5.09. The minimum Gasteiger partial charge on any atom is -0.382 e. The van der Waals surface area contributed by atoms with Gasteiger partial charge in [0.1, 0.15) is 17.6 Å². The highest BCUT2D eigenvalue weighted by Crippen LogP contribution is 2.32. The molecule has 154 valence electrons. The van der Waals surface area contributed by atoms with Gasteiger partial charge >= 0.3 is 0 Å². The third kappa shape index (κ3) is 3.40. The average Bonchev–Trinajstić information content (AvgIpc) is 3.39. The Morgan fingerprint density at radius 1 is 1.13 bits per heavy atom. The molecule has 1 unspecified atom stereocenters. The fourth-order valence-corrected chi connectivity index (χ4v) is 3.56. The van der Waals surface area contributed by atoms with Crippen molar-refractivity contribution in [3.8, 4) is 22.4 Å². The van der Waals surface area contributed by atoms with Gasteiger partial charge in [-0.2, -0.15) is 5.10 Å². The molecule has 4 heterocycles. The summed E-state index contributed by atoms with van der Waals surface area (Å²) >= 11 is 0. The summed E-state index contributed by atoms with van der Waals surface area (Å²) in [5, 5.41) is 15.7. The first-order valence-electron chi connectivity index (χ1n) is 9.53. The number of aromatic amines is 1. The number of aliphatic hydroxyl groups is 1. The number of aromatic nitrogens is 6. The van der Waals surface area contributed by atoms with Crippen molar-refractivity contribution in [2.45, 2.75) is 6.10 Å². The van der Waals surface area contributed by atoms with Gasteiger partial charge in [0.25, 0.3) is 0 Å². The fraction of sp³-hybridized carbons (Fsp3) is 0.0909. The topological polar surface area (TPSA) is 119 Å². The molecule has 4 aromatic heterocycles. The molecule has 0 radical (unpaired) electrons. The fourth-order valence-electron chi connectivity index (χ4n) is 3.56. The van der Waals surface area contributed by atoms with E-state index in [9.17, 15) is 9.50 Å². The Labute approximate surface area is 176 Å². The summed E-state index contributed by atoms with van der Waals surface area (Å²) in [5.74, 6) is -0.542. The number of nitrogens with zero attached hydrogens (tertiary/aromatic N) is 5. The molecule has 0 aliphatic carbocycles. The second-order valence-corrected chi connectivity index (χ2v) is 7.19. The molecule has 4 N–H and O–H groups in total. The Kier molecular flexibility index (Phi) is 4.45. The van der Waals surface area contributed by atoms with Crippen LogP contribution in [0.3, 0.4) is 0 Å². The maximum Gasteiger partial charge on any atom is 0.220 e. The zero-order valence-corrected chi connectivity index (χ0v) is 16.5. The minimum absolute atomic E-state index is 0.0198. The van der Waals surface area contributed by atoms with Crippen molar-refractivity contribution in [3.05, 3.63) is 78.3 Å². The van der Waals surface area contributed by atoms with Crippen molar-refractivity contribution in [1.82, 2.24) is 29.7 Å². The van der Waals surface area contributed by atoms with E-state index >= 15 is 0 Å². The van der Waals surface area contributed by atoms with Crippen LogP contribution in [0.4, 0.5) is 10.3 Å². The number of hydrogen-bond acceptors (Lipinski definition) is 6. The highest BCUT2D eigenvalue weighted by atomic mass is 19.1. The lowest BCUT2D eigenvalue weighted by Gasteiger charge is -2.13. The monoisotopic (exact) mass is 415 g/mol. The number of H-pyrrole nitrogens is 1. The van der Waals surface area contributed by atoms with Gasteiger partial charge in [0.2, 0.25) is 5.95 Å². The van der Waals surface area contributed by atoms with Gasteiger partial charge in [-0.05, 0) is 18.2 Å². The van der Waals surface area contributed by atoms with Gasteiger partial charge in [-0.3, -0.25) is 4.68 Å². The Balaban J connectivity index is 1.61. The Bertz CT molecular complexity index is 1410. The van der Waals surface area contributed by atoms with Crippen molar-refractivity contribution in [3.63, 3.8) is 0 Å². The molecular formula is C22H18FN7O. The standard InChI is InChI=1S/C22H18FN7O/c1-30-11-13(9-27-30)12-6-15-16(10-26-21(15)25-8-12)18-7-19(29-22(24)28-18)20(31)14-4-2-3-5-17(14)23/h2-11,20,31H,1H3,(H,25,26)(H2,24,28,29). The second kappa shape index (κ2) is 7.29. The summed E-state index contributed by atoms with van der Waals surface area (Å²) in [6.45, 7) is 0. The second-order valence-electron chi connectivity index (χ2n) is 7.19. The van der Waals surface area contributed by atoms with Gasteiger partial charge in [-0.15, -0.1) is 0 Å². The molecule has 0 bridgehead atoms. The molecule has 0 saturated carbocycles. The van der Waals surface area contributed by atoms with Crippen molar-refractivity contribution in [2.24, 2.45) is 7.05 Å².